The van der Waals surface area contributed by atoms with Crippen LogP contribution in [0, 0.1) is 0 Å². The predicted octanol–water partition coefficient (Wildman–Crippen LogP) is 4.19. The SMILES string of the molecule is c1ccc2nc3c4ccccc4c4cncn4c3cc2c1. The van der Waals surface area contributed by atoms with Gasteiger partial charge in [-0.15, -0.1) is 0 Å². The molecule has 0 N–H and O–H groups in total. The lowest BCUT2D eigenvalue weighted by Crippen LogP contribution is -1.92. The highest BCUT2D eigenvalue weighted by Gasteiger charge is 2.10. The summed E-state index contributed by atoms with van der Waals surface area (Å²) in [6.45, 7) is 0. The fraction of sp³-hybridized carbons (Fsp3) is 0. The van der Waals surface area contributed by atoms with Crippen LogP contribution in [0.2, 0.25) is 0 Å². The third-order valence-corrected chi connectivity index (χ3v) is 4.06. The lowest BCUT2D eigenvalue weighted by molar-refractivity contribution is 1.21. The van der Waals surface area contributed by atoms with Crippen molar-refractivity contribution in [1.82, 2.24) is 14.4 Å². The van der Waals surface area contributed by atoms with Crippen molar-refractivity contribution in [3.63, 3.8) is 0 Å². The number of imidazole rings is 1. The Balaban J connectivity index is 2.18. The van der Waals surface area contributed by atoms with Crippen molar-refractivity contribution in [2.75, 3.05) is 0 Å². The maximum atomic E-state index is 4.89. The van der Waals surface area contributed by atoms with Crippen LogP contribution < -0.4 is 0 Å². The zero-order chi connectivity index (χ0) is 13.8. The van der Waals surface area contributed by atoms with Crippen molar-refractivity contribution in [2.24, 2.45) is 0 Å². The molecule has 0 spiro atoms. The van der Waals surface area contributed by atoms with Gasteiger partial charge in [0.05, 0.1) is 34.6 Å². The standard InChI is InChI=1S/C18H11N3/c1-4-8-15-12(5-1)9-16-18(20-15)14-7-3-2-6-13(14)17-10-19-11-21(16)17/h1-11H. The van der Waals surface area contributed by atoms with Gasteiger partial charge >= 0.3 is 0 Å². The van der Waals surface area contributed by atoms with Gasteiger partial charge in [0.1, 0.15) is 0 Å². The molecule has 0 aliphatic heterocycles. The van der Waals surface area contributed by atoms with Gasteiger partial charge in [0.2, 0.25) is 0 Å². The first kappa shape index (κ1) is 10.8. The minimum absolute atomic E-state index is 1.02. The van der Waals surface area contributed by atoms with Crippen LogP contribution in [0.15, 0.2) is 67.1 Å². The Morgan fingerprint density at radius 1 is 0.810 bits per heavy atom. The van der Waals surface area contributed by atoms with Gasteiger partial charge in [-0.2, -0.15) is 0 Å². The third-order valence-electron chi connectivity index (χ3n) is 4.06. The number of para-hydroxylation sites is 1. The largest absolute Gasteiger partial charge is 0.297 e. The molecular weight excluding hydrogens is 258 g/mol. The van der Waals surface area contributed by atoms with E-state index in [9.17, 15) is 0 Å². The molecule has 0 saturated heterocycles. The molecular formula is C18H11N3. The van der Waals surface area contributed by atoms with Crippen molar-refractivity contribution in [3.8, 4) is 0 Å². The summed E-state index contributed by atoms with van der Waals surface area (Å²) >= 11 is 0. The number of rotatable bonds is 0. The number of pyridine rings is 2. The second-order valence-electron chi connectivity index (χ2n) is 5.24. The maximum absolute atomic E-state index is 4.89. The zero-order valence-electron chi connectivity index (χ0n) is 11.2. The van der Waals surface area contributed by atoms with Gasteiger partial charge in [-0.1, -0.05) is 42.5 Å². The summed E-state index contributed by atoms with van der Waals surface area (Å²) in [5.41, 5.74) is 4.26. The fourth-order valence-electron chi connectivity index (χ4n) is 3.09. The van der Waals surface area contributed by atoms with E-state index in [-0.39, 0.29) is 0 Å². The first-order chi connectivity index (χ1) is 10.4. The minimum atomic E-state index is 1.02. The van der Waals surface area contributed by atoms with E-state index >= 15 is 0 Å². The Hall–Kier alpha value is -2.94. The Bertz CT molecular complexity index is 1140. The molecule has 3 nitrogen and oxygen atoms in total. The highest BCUT2D eigenvalue weighted by molar-refractivity contribution is 6.12. The summed E-state index contributed by atoms with van der Waals surface area (Å²) in [4.78, 5) is 9.20. The van der Waals surface area contributed by atoms with Gasteiger partial charge in [0.15, 0.2) is 0 Å². The number of fused-ring (bicyclic) bond motifs is 7. The van der Waals surface area contributed by atoms with Crippen LogP contribution in [0.1, 0.15) is 0 Å². The molecule has 0 amide bonds. The Morgan fingerprint density at radius 3 is 2.57 bits per heavy atom. The average Bonchev–Trinajstić information content (AvgIpc) is 3.03. The molecule has 3 heterocycles. The van der Waals surface area contributed by atoms with Crippen LogP contribution in [0.5, 0.6) is 0 Å². The molecule has 21 heavy (non-hydrogen) atoms. The summed E-state index contributed by atoms with van der Waals surface area (Å²) in [5.74, 6) is 0. The van der Waals surface area contributed by atoms with Crippen molar-refractivity contribution in [1.29, 1.82) is 0 Å². The monoisotopic (exact) mass is 269 g/mol. The molecule has 0 fully saturated rings. The quantitative estimate of drug-likeness (QED) is 0.312. The number of nitrogens with zero attached hydrogens (tertiary/aromatic N) is 3. The van der Waals surface area contributed by atoms with Gasteiger partial charge in [-0.05, 0) is 12.1 Å². The average molecular weight is 269 g/mol. The van der Waals surface area contributed by atoms with Gasteiger partial charge in [0, 0.05) is 16.2 Å². The molecule has 98 valence electrons. The van der Waals surface area contributed by atoms with Gasteiger partial charge in [-0.25, -0.2) is 9.97 Å². The normalized spacial score (nSPS) is 11.8. The zero-order valence-corrected chi connectivity index (χ0v) is 11.2. The van der Waals surface area contributed by atoms with Crippen molar-refractivity contribution >= 4 is 38.2 Å². The number of hydrogen-bond acceptors (Lipinski definition) is 2. The van der Waals surface area contributed by atoms with Crippen LogP contribution in [0.3, 0.4) is 0 Å². The van der Waals surface area contributed by atoms with E-state index in [1.54, 1.807) is 0 Å². The Kier molecular flexibility index (Phi) is 1.95. The second kappa shape index (κ2) is 3.79. The smallest absolute Gasteiger partial charge is 0.0997 e. The van der Waals surface area contributed by atoms with Crippen molar-refractivity contribution < 1.29 is 0 Å². The molecule has 0 atom stereocenters. The Morgan fingerprint density at radius 2 is 1.62 bits per heavy atom. The summed E-state index contributed by atoms with van der Waals surface area (Å²) in [7, 11) is 0. The maximum Gasteiger partial charge on any atom is 0.0997 e. The number of benzene rings is 2. The van der Waals surface area contributed by atoms with E-state index in [0.717, 1.165) is 27.5 Å². The summed E-state index contributed by atoms with van der Waals surface area (Å²) < 4.78 is 2.12. The number of hydrogen-bond donors (Lipinski definition) is 0. The van der Waals surface area contributed by atoms with Crippen LogP contribution >= 0.6 is 0 Å². The third kappa shape index (κ3) is 1.37. The van der Waals surface area contributed by atoms with Crippen molar-refractivity contribution in [2.45, 2.75) is 0 Å². The number of aromatic nitrogens is 3. The van der Waals surface area contributed by atoms with Crippen LogP contribution in [-0.2, 0) is 0 Å². The van der Waals surface area contributed by atoms with Gasteiger partial charge in [-0.3, -0.25) is 4.40 Å². The van der Waals surface area contributed by atoms with Crippen LogP contribution in [0.4, 0.5) is 0 Å². The Labute approximate surface area is 120 Å². The summed E-state index contributed by atoms with van der Waals surface area (Å²) in [6.07, 6.45) is 3.78. The molecule has 5 rings (SSSR count). The predicted molar refractivity (Wildman–Crippen MR) is 85.5 cm³/mol. The first-order valence-electron chi connectivity index (χ1n) is 6.94. The highest BCUT2D eigenvalue weighted by atomic mass is 15.0. The van der Waals surface area contributed by atoms with Gasteiger partial charge < -0.3 is 0 Å². The molecule has 0 aliphatic carbocycles. The molecule has 0 radical (unpaired) electrons. The second-order valence-corrected chi connectivity index (χ2v) is 5.24. The van der Waals surface area contributed by atoms with Gasteiger partial charge in [0.25, 0.3) is 0 Å². The van der Waals surface area contributed by atoms with E-state index < -0.39 is 0 Å². The highest BCUT2D eigenvalue weighted by Crippen LogP contribution is 2.29. The minimum Gasteiger partial charge on any atom is -0.297 e. The van der Waals surface area contributed by atoms with E-state index in [2.05, 4.69) is 51.8 Å². The molecule has 0 unspecified atom stereocenters. The van der Waals surface area contributed by atoms with Crippen LogP contribution in [0.25, 0.3) is 38.2 Å². The lowest BCUT2D eigenvalue weighted by atomic mass is 10.1. The molecule has 5 aromatic rings. The molecule has 0 saturated carbocycles. The first-order valence-corrected chi connectivity index (χ1v) is 6.94. The van der Waals surface area contributed by atoms with E-state index in [1.165, 1.54) is 10.8 Å². The molecule has 2 aromatic carbocycles. The van der Waals surface area contributed by atoms with Crippen molar-refractivity contribution in [3.05, 3.63) is 67.1 Å². The summed E-state index contributed by atoms with van der Waals surface area (Å²) in [6, 6.07) is 18.8. The van der Waals surface area contributed by atoms with E-state index in [1.807, 2.05) is 24.7 Å². The van der Waals surface area contributed by atoms with Crippen LogP contribution in [-0.4, -0.2) is 14.4 Å². The summed E-state index contributed by atoms with van der Waals surface area (Å²) in [5, 5.41) is 3.51. The topological polar surface area (TPSA) is 30.2 Å². The molecule has 0 aliphatic rings. The van der Waals surface area contributed by atoms with E-state index in [0.29, 0.717) is 0 Å². The van der Waals surface area contributed by atoms with E-state index in [4.69, 9.17) is 4.98 Å². The molecule has 0 bridgehead atoms. The molecule has 3 aromatic heterocycles. The lowest BCUT2D eigenvalue weighted by Gasteiger charge is -2.09. The fourth-order valence-corrected chi connectivity index (χ4v) is 3.09. The molecule has 3 heteroatoms.